The van der Waals surface area contributed by atoms with E-state index in [1.165, 1.54) is 10.9 Å². The van der Waals surface area contributed by atoms with Crippen molar-refractivity contribution in [1.29, 1.82) is 0 Å². The summed E-state index contributed by atoms with van der Waals surface area (Å²) in [5.74, 6) is 3.53. The van der Waals surface area contributed by atoms with Crippen LogP contribution >= 0.6 is 0 Å². The van der Waals surface area contributed by atoms with Gasteiger partial charge in [-0.05, 0) is 40.9 Å². The molecule has 2 rings (SSSR count). The van der Waals surface area contributed by atoms with E-state index >= 15 is 0 Å². The second kappa shape index (κ2) is 6.34. The molecule has 0 radical (unpaired) electrons. The lowest BCUT2D eigenvalue weighted by atomic mass is 10.2. The van der Waals surface area contributed by atoms with Crippen LogP contribution in [0.25, 0.3) is 10.9 Å². The summed E-state index contributed by atoms with van der Waals surface area (Å²) in [4.78, 5) is 0. The molecule has 0 spiro atoms. The first-order chi connectivity index (χ1) is 10.3. The molecule has 0 fully saturated rings. The smallest absolute Gasteiger partial charge is 0.146 e. The van der Waals surface area contributed by atoms with Crippen molar-refractivity contribution in [3.05, 3.63) is 36.0 Å². The molecule has 1 heterocycles. The quantitative estimate of drug-likeness (QED) is 0.502. The number of nitrogens with zero attached hydrogens (tertiary/aromatic N) is 1. The third kappa shape index (κ3) is 2.87. The molecule has 0 atom stereocenters. The van der Waals surface area contributed by atoms with Gasteiger partial charge in [0.1, 0.15) is 8.07 Å². The molecule has 2 heteroatoms. The first kappa shape index (κ1) is 16.9. The molecule has 0 saturated carbocycles. The Morgan fingerprint density at radius 2 is 1.50 bits per heavy atom. The number of aryl methyl sites for hydroxylation is 1. The van der Waals surface area contributed by atoms with Gasteiger partial charge in [-0.15, -0.1) is 5.54 Å². The van der Waals surface area contributed by atoms with Crippen LogP contribution < -0.4 is 0 Å². The van der Waals surface area contributed by atoms with Crippen molar-refractivity contribution in [3.8, 4) is 11.5 Å². The highest BCUT2D eigenvalue weighted by Gasteiger charge is 2.41. The minimum Gasteiger partial charge on any atom is -0.351 e. The lowest BCUT2D eigenvalue weighted by Crippen LogP contribution is -2.43. The van der Waals surface area contributed by atoms with Crippen molar-refractivity contribution in [3.63, 3.8) is 0 Å². The zero-order valence-corrected chi connectivity index (χ0v) is 16.1. The number of hydrogen-bond donors (Lipinski definition) is 0. The fraction of sp³-hybridized carbons (Fsp3) is 0.500. The maximum atomic E-state index is 3.80. The van der Waals surface area contributed by atoms with Gasteiger partial charge in [-0.25, -0.2) is 0 Å². The molecule has 0 N–H and O–H groups in total. The number of fused-ring (bicyclic) bond motifs is 1. The van der Waals surface area contributed by atoms with Crippen LogP contribution in [0.4, 0.5) is 0 Å². The number of rotatable bonds is 3. The summed E-state index contributed by atoms with van der Waals surface area (Å²) in [5.41, 5.74) is 8.26. The van der Waals surface area contributed by atoms with Crippen molar-refractivity contribution >= 4 is 19.0 Å². The molecule has 0 aliphatic heterocycles. The summed E-state index contributed by atoms with van der Waals surface area (Å²) in [6, 6.07) is 8.74. The lowest BCUT2D eigenvalue weighted by molar-refractivity contribution is 0.838. The summed E-state index contributed by atoms with van der Waals surface area (Å²) in [5, 5.41) is 1.28. The Hall–Kier alpha value is -1.46. The topological polar surface area (TPSA) is 4.93 Å². The van der Waals surface area contributed by atoms with Crippen LogP contribution in [0.15, 0.2) is 30.5 Å². The van der Waals surface area contributed by atoms with Crippen LogP contribution in [0.1, 0.15) is 47.1 Å². The Morgan fingerprint density at radius 1 is 0.909 bits per heavy atom. The summed E-state index contributed by atoms with van der Waals surface area (Å²) in [6.07, 6.45) is 2.11. The van der Waals surface area contributed by atoms with E-state index in [2.05, 4.69) is 95.1 Å². The van der Waals surface area contributed by atoms with Crippen LogP contribution in [0, 0.1) is 11.5 Å². The maximum Gasteiger partial charge on any atom is 0.146 e. The average molecular weight is 312 g/mol. The summed E-state index contributed by atoms with van der Waals surface area (Å²) < 4.78 is 2.15. The van der Waals surface area contributed by atoms with E-state index in [1.54, 1.807) is 0 Å². The minimum atomic E-state index is -1.64. The van der Waals surface area contributed by atoms with Crippen LogP contribution in [0.5, 0.6) is 0 Å². The largest absolute Gasteiger partial charge is 0.351 e. The standard InChI is InChI=1S/C20H29NSi/c1-15(2)22(16(3)4,17(5)6)13-11-18-8-9-20-19(14-18)10-12-21(20)7/h8-10,12,14-17H,1-7H3. The fourth-order valence-electron chi connectivity index (χ4n) is 3.97. The van der Waals surface area contributed by atoms with Gasteiger partial charge in [0.15, 0.2) is 0 Å². The lowest BCUT2D eigenvalue weighted by Gasteiger charge is -2.38. The van der Waals surface area contributed by atoms with E-state index in [0.29, 0.717) is 16.6 Å². The molecule has 1 nitrogen and oxygen atoms in total. The van der Waals surface area contributed by atoms with E-state index in [9.17, 15) is 0 Å². The van der Waals surface area contributed by atoms with Gasteiger partial charge in [0.05, 0.1) is 0 Å². The van der Waals surface area contributed by atoms with Crippen LogP contribution in [-0.2, 0) is 7.05 Å². The normalized spacial score (nSPS) is 12.3. The molecule has 118 valence electrons. The molecule has 0 unspecified atom stereocenters. The second-order valence-electron chi connectivity index (χ2n) is 7.35. The third-order valence-electron chi connectivity index (χ3n) is 5.17. The first-order valence-corrected chi connectivity index (χ1v) is 10.6. The van der Waals surface area contributed by atoms with Gasteiger partial charge < -0.3 is 4.57 Å². The Kier molecular flexibility index (Phi) is 4.87. The average Bonchev–Trinajstić information content (AvgIpc) is 2.79. The Bertz CT molecular complexity index is 688. The number of aromatic nitrogens is 1. The second-order valence-corrected chi connectivity index (χ2v) is 12.9. The zero-order chi connectivity index (χ0) is 16.5. The molecule has 22 heavy (non-hydrogen) atoms. The van der Waals surface area contributed by atoms with Gasteiger partial charge in [0.2, 0.25) is 0 Å². The van der Waals surface area contributed by atoms with Crippen molar-refractivity contribution in [2.24, 2.45) is 7.05 Å². The number of hydrogen-bond acceptors (Lipinski definition) is 0. The fourth-order valence-corrected chi connectivity index (χ4v) is 9.20. The minimum absolute atomic E-state index is 0.681. The molecule has 1 aromatic carbocycles. The van der Waals surface area contributed by atoms with Crippen molar-refractivity contribution in [2.45, 2.75) is 58.2 Å². The van der Waals surface area contributed by atoms with Gasteiger partial charge in [0.25, 0.3) is 0 Å². The van der Waals surface area contributed by atoms with Crippen LogP contribution in [0.3, 0.4) is 0 Å². The Labute approximate surface area is 136 Å². The van der Waals surface area contributed by atoms with Crippen LogP contribution in [0.2, 0.25) is 16.6 Å². The summed E-state index contributed by atoms with van der Waals surface area (Å²) in [7, 11) is 0.446. The molecule has 0 bridgehead atoms. The van der Waals surface area contributed by atoms with E-state index < -0.39 is 8.07 Å². The summed E-state index contributed by atoms with van der Waals surface area (Å²) in [6.45, 7) is 14.2. The molecule has 0 amide bonds. The van der Waals surface area contributed by atoms with E-state index in [1.807, 2.05) is 0 Å². The third-order valence-corrected chi connectivity index (χ3v) is 11.5. The van der Waals surface area contributed by atoms with E-state index in [4.69, 9.17) is 0 Å². The SMILES string of the molecule is CC(C)[Si](C#Cc1ccc2c(ccn2C)c1)(C(C)C)C(C)C. The van der Waals surface area contributed by atoms with Gasteiger partial charge >= 0.3 is 0 Å². The number of benzene rings is 1. The van der Waals surface area contributed by atoms with E-state index in [-0.39, 0.29) is 0 Å². The predicted molar refractivity (Wildman–Crippen MR) is 101 cm³/mol. The molecular weight excluding hydrogens is 282 g/mol. The summed E-state index contributed by atoms with van der Waals surface area (Å²) >= 11 is 0. The van der Waals surface area contributed by atoms with Crippen LogP contribution in [-0.4, -0.2) is 12.6 Å². The highest BCUT2D eigenvalue weighted by atomic mass is 28.3. The molecule has 0 aliphatic carbocycles. The van der Waals surface area contributed by atoms with Gasteiger partial charge in [-0.3, -0.25) is 0 Å². The van der Waals surface area contributed by atoms with Gasteiger partial charge in [-0.2, -0.15) is 0 Å². The molecule has 0 aliphatic rings. The highest BCUT2D eigenvalue weighted by Crippen LogP contribution is 2.40. The highest BCUT2D eigenvalue weighted by molar-refractivity contribution is 6.90. The predicted octanol–water partition coefficient (Wildman–Crippen LogP) is 5.75. The first-order valence-electron chi connectivity index (χ1n) is 8.37. The molecule has 1 aromatic heterocycles. The zero-order valence-electron chi connectivity index (χ0n) is 15.1. The van der Waals surface area contributed by atoms with Gasteiger partial charge in [-0.1, -0.05) is 47.5 Å². The molecular formula is C20H29NSi. The van der Waals surface area contributed by atoms with Crippen molar-refractivity contribution in [2.75, 3.05) is 0 Å². The Balaban J connectivity index is 2.47. The molecule has 2 aromatic rings. The maximum absolute atomic E-state index is 3.80. The van der Waals surface area contributed by atoms with Crippen molar-refractivity contribution in [1.82, 2.24) is 4.57 Å². The van der Waals surface area contributed by atoms with E-state index in [0.717, 1.165) is 5.56 Å². The molecule has 0 saturated heterocycles. The monoisotopic (exact) mass is 311 g/mol. The Morgan fingerprint density at radius 3 is 2.05 bits per heavy atom. The van der Waals surface area contributed by atoms with Gasteiger partial charge in [0, 0.05) is 29.7 Å². The van der Waals surface area contributed by atoms with Crippen molar-refractivity contribution < 1.29 is 0 Å².